The summed E-state index contributed by atoms with van der Waals surface area (Å²) in [5.74, 6) is -0.135. The van der Waals surface area contributed by atoms with Gasteiger partial charge >= 0.3 is 0 Å². The zero-order valence-corrected chi connectivity index (χ0v) is 14.1. The van der Waals surface area contributed by atoms with E-state index in [4.69, 9.17) is 0 Å². The Morgan fingerprint density at radius 1 is 1.32 bits per heavy atom. The Morgan fingerprint density at radius 2 is 2.16 bits per heavy atom. The average molecular weight is 336 g/mol. The van der Waals surface area contributed by atoms with Gasteiger partial charge in [-0.1, -0.05) is 12.1 Å². The molecule has 0 aliphatic carbocycles. The molecule has 1 amide bonds. The fraction of sp³-hybridized carbons (Fsp3) is 0.278. The third-order valence-corrected chi connectivity index (χ3v) is 4.60. The molecule has 0 saturated heterocycles. The molecular weight excluding hydrogens is 316 g/mol. The minimum atomic E-state index is -0.135. The van der Waals surface area contributed by atoms with Crippen LogP contribution in [0.5, 0.6) is 0 Å². The van der Waals surface area contributed by atoms with Crippen LogP contribution in [0.3, 0.4) is 0 Å². The number of carbonyl (C=O) groups is 1. The van der Waals surface area contributed by atoms with Crippen LogP contribution in [0, 0.1) is 0 Å². The van der Waals surface area contributed by atoms with Crippen LogP contribution in [-0.4, -0.2) is 44.1 Å². The molecule has 1 aromatic carbocycles. The number of aromatic nitrogens is 4. The van der Waals surface area contributed by atoms with Crippen LogP contribution in [-0.2, 0) is 19.5 Å². The monoisotopic (exact) mass is 336 g/mol. The summed E-state index contributed by atoms with van der Waals surface area (Å²) < 4.78 is 1.98. The van der Waals surface area contributed by atoms with E-state index in [9.17, 15) is 4.79 Å². The molecule has 7 nitrogen and oxygen atoms in total. The smallest absolute Gasteiger partial charge is 0.271 e. The molecule has 0 atom stereocenters. The van der Waals surface area contributed by atoms with E-state index in [1.54, 1.807) is 19.6 Å². The summed E-state index contributed by atoms with van der Waals surface area (Å²) in [5, 5.41) is 9.83. The van der Waals surface area contributed by atoms with E-state index in [0.717, 1.165) is 43.0 Å². The largest absolute Gasteiger partial charge is 0.354 e. The predicted octanol–water partition coefficient (Wildman–Crippen LogP) is 1.51. The van der Waals surface area contributed by atoms with Gasteiger partial charge in [-0.15, -0.1) is 0 Å². The van der Waals surface area contributed by atoms with Gasteiger partial charge in [0.15, 0.2) is 5.69 Å². The first-order valence-corrected chi connectivity index (χ1v) is 8.32. The molecule has 0 unspecified atom stereocenters. The van der Waals surface area contributed by atoms with E-state index in [0.29, 0.717) is 5.69 Å². The van der Waals surface area contributed by atoms with E-state index < -0.39 is 0 Å². The van der Waals surface area contributed by atoms with Crippen molar-refractivity contribution in [3.8, 4) is 5.69 Å². The lowest BCUT2D eigenvalue weighted by Gasteiger charge is -2.27. The van der Waals surface area contributed by atoms with Gasteiger partial charge in [0, 0.05) is 62.4 Å². The van der Waals surface area contributed by atoms with Gasteiger partial charge in [0.2, 0.25) is 0 Å². The van der Waals surface area contributed by atoms with Crippen LogP contribution < -0.4 is 5.32 Å². The Bertz CT molecular complexity index is 866. The van der Waals surface area contributed by atoms with Crippen LogP contribution in [0.25, 0.3) is 5.69 Å². The van der Waals surface area contributed by atoms with Crippen LogP contribution >= 0.6 is 0 Å². The molecule has 0 spiro atoms. The van der Waals surface area contributed by atoms with Crippen LogP contribution in [0.2, 0.25) is 0 Å². The number of H-pyrrole nitrogens is 1. The summed E-state index contributed by atoms with van der Waals surface area (Å²) >= 11 is 0. The maximum absolute atomic E-state index is 11.9. The van der Waals surface area contributed by atoms with Crippen LogP contribution in [0.1, 0.15) is 27.3 Å². The zero-order chi connectivity index (χ0) is 17.2. The van der Waals surface area contributed by atoms with Crippen molar-refractivity contribution in [2.75, 3.05) is 13.6 Å². The van der Waals surface area contributed by atoms with Crippen LogP contribution in [0.15, 0.2) is 43.0 Å². The number of aromatic amines is 1. The van der Waals surface area contributed by atoms with Crippen molar-refractivity contribution in [1.82, 2.24) is 30.0 Å². The number of nitrogens with one attached hydrogen (secondary N) is 2. The lowest BCUT2D eigenvalue weighted by molar-refractivity contribution is 0.0955. The summed E-state index contributed by atoms with van der Waals surface area (Å²) in [6.07, 6.45) is 6.38. The summed E-state index contributed by atoms with van der Waals surface area (Å²) in [5.41, 5.74) is 4.94. The first-order valence-electron chi connectivity index (χ1n) is 8.32. The summed E-state index contributed by atoms with van der Waals surface area (Å²) in [6.45, 7) is 2.53. The van der Waals surface area contributed by atoms with E-state index in [2.05, 4.69) is 49.7 Å². The molecule has 2 aromatic heterocycles. The van der Waals surface area contributed by atoms with Gasteiger partial charge in [0.05, 0.1) is 6.33 Å². The van der Waals surface area contributed by atoms with Crippen molar-refractivity contribution < 1.29 is 4.79 Å². The van der Waals surface area contributed by atoms with E-state index in [1.165, 1.54) is 5.56 Å². The summed E-state index contributed by atoms with van der Waals surface area (Å²) in [7, 11) is 1.63. The summed E-state index contributed by atoms with van der Waals surface area (Å²) in [4.78, 5) is 18.4. The SMILES string of the molecule is CNC(=O)c1n[nH]c2c1CN(Cc1ccc(-n3ccnc3)cc1)CC2. The highest BCUT2D eigenvalue weighted by atomic mass is 16.1. The quantitative estimate of drug-likeness (QED) is 0.757. The predicted molar refractivity (Wildman–Crippen MR) is 93.4 cm³/mol. The number of hydrogen-bond donors (Lipinski definition) is 2. The fourth-order valence-corrected chi connectivity index (χ4v) is 3.24. The molecule has 0 bridgehead atoms. The number of amides is 1. The molecule has 0 radical (unpaired) electrons. The molecule has 4 rings (SSSR count). The van der Waals surface area contributed by atoms with Crippen molar-refractivity contribution in [1.29, 1.82) is 0 Å². The maximum Gasteiger partial charge on any atom is 0.271 e. The van der Waals surface area contributed by atoms with Gasteiger partial charge < -0.3 is 9.88 Å². The van der Waals surface area contributed by atoms with E-state index in [1.807, 2.05) is 10.8 Å². The molecule has 25 heavy (non-hydrogen) atoms. The first kappa shape index (κ1) is 15.6. The van der Waals surface area contributed by atoms with Gasteiger partial charge in [0.1, 0.15) is 0 Å². The minimum Gasteiger partial charge on any atom is -0.354 e. The minimum absolute atomic E-state index is 0.135. The Labute approximate surface area is 145 Å². The van der Waals surface area contributed by atoms with Crippen molar-refractivity contribution in [2.24, 2.45) is 0 Å². The number of hydrogen-bond acceptors (Lipinski definition) is 4. The average Bonchev–Trinajstić information content (AvgIpc) is 3.31. The molecule has 1 aliphatic heterocycles. The van der Waals surface area contributed by atoms with Gasteiger partial charge in [0.25, 0.3) is 5.91 Å². The lowest BCUT2D eigenvalue weighted by atomic mass is 10.0. The highest BCUT2D eigenvalue weighted by molar-refractivity contribution is 5.93. The molecule has 7 heteroatoms. The fourth-order valence-electron chi connectivity index (χ4n) is 3.24. The number of imidazole rings is 1. The first-order chi connectivity index (χ1) is 12.2. The number of nitrogens with zero attached hydrogens (tertiary/aromatic N) is 4. The molecular formula is C18H20N6O. The highest BCUT2D eigenvalue weighted by Crippen LogP contribution is 2.22. The second-order valence-corrected chi connectivity index (χ2v) is 6.21. The summed E-state index contributed by atoms with van der Waals surface area (Å²) in [6, 6.07) is 8.47. The molecule has 0 fully saturated rings. The van der Waals surface area contributed by atoms with E-state index in [-0.39, 0.29) is 5.91 Å². The normalized spacial score (nSPS) is 14.3. The van der Waals surface area contributed by atoms with Crippen molar-refractivity contribution in [2.45, 2.75) is 19.5 Å². The lowest BCUT2D eigenvalue weighted by Crippen LogP contribution is -2.31. The van der Waals surface area contributed by atoms with Crippen molar-refractivity contribution in [3.05, 3.63) is 65.5 Å². The Kier molecular flexibility index (Phi) is 4.07. The topological polar surface area (TPSA) is 78.8 Å². The number of rotatable bonds is 4. The Morgan fingerprint density at radius 3 is 2.88 bits per heavy atom. The molecule has 128 valence electrons. The molecule has 1 aliphatic rings. The second-order valence-electron chi connectivity index (χ2n) is 6.21. The molecule has 0 saturated carbocycles. The van der Waals surface area contributed by atoms with E-state index >= 15 is 0 Å². The standard InChI is InChI=1S/C18H20N6O/c1-19-18(25)17-15-11-23(8-6-16(15)21-22-17)10-13-2-4-14(5-3-13)24-9-7-20-12-24/h2-5,7,9,12H,6,8,10-11H2,1H3,(H,19,25)(H,21,22). The third kappa shape index (κ3) is 3.06. The van der Waals surface area contributed by atoms with Gasteiger partial charge in [-0.3, -0.25) is 14.8 Å². The number of carbonyl (C=O) groups excluding carboxylic acids is 1. The van der Waals surface area contributed by atoms with Crippen molar-refractivity contribution >= 4 is 5.91 Å². The molecule has 3 heterocycles. The highest BCUT2D eigenvalue weighted by Gasteiger charge is 2.24. The Balaban J connectivity index is 1.47. The Hall–Kier alpha value is -2.93. The van der Waals surface area contributed by atoms with Gasteiger partial charge in [-0.05, 0) is 17.7 Å². The van der Waals surface area contributed by atoms with Gasteiger partial charge in [-0.2, -0.15) is 5.10 Å². The number of fused-ring (bicyclic) bond motifs is 1. The molecule has 3 aromatic rings. The zero-order valence-electron chi connectivity index (χ0n) is 14.1. The maximum atomic E-state index is 11.9. The second kappa shape index (κ2) is 6.52. The van der Waals surface area contributed by atoms with Crippen LogP contribution in [0.4, 0.5) is 0 Å². The van der Waals surface area contributed by atoms with Crippen molar-refractivity contribution in [3.63, 3.8) is 0 Å². The number of benzene rings is 1. The third-order valence-electron chi connectivity index (χ3n) is 4.60. The van der Waals surface area contributed by atoms with Gasteiger partial charge in [-0.25, -0.2) is 4.98 Å². The molecule has 2 N–H and O–H groups in total.